The highest BCUT2D eigenvalue weighted by Gasteiger charge is 2.25. The van der Waals surface area contributed by atoms with Crippen LogP contribution in [0.5, 0.6) is 5.75 Å². The smallest absolute Gasteiger partial charge is 0.222 e. The summed E-state index contributed by atoms with van der Waals surface area (Å²) in [5.41, 5.74) is 6.61. The maximum Gasteiger partial charge on any atom is 0.222 e. The number of nitrogens with zero attached hydrogens (tertiary/aromatic N) is 1. The van der Waals surface area contributed by atoms with Crippen molar-refractivity contribution < 1.29 is 14.3 Å². The highest BCUT2D eigenvalue weighted by Crippen LogP contribution is 2.28. The number of methoxy groups -OCH3 is 1. The topological polar surface area (TPSA) is 64.8 Å². The van der Waals surface area contributed by atoms with E-state index in [0.29, 0.717) is 32.7 Å². The van der Waals surface area contributed by atoms with Gasteiger partial charge in [-0.05, 0) is 53.9 Å². The molecule has 1 heterocycles. The Kier molecular flexibility index (Phi) is 7.69. The molecule has 3 rings (SSSR count). The largest absolute Gasteiger partial charge is 0.497 e. The molecule has 0 radical (unpaired) electrons. The Morgan fingerprint density at radius 1 is 1.23 bits per heavy atom. The molecule has 2 aromatic carbocycles. The van der Waals surface area contributed by atoms with Crippen molar-refractivity contribution in [2.75, 3.05) is 33.4 Å². The van der Waals surface area contributed by atoms with Gasteiger partial charge in [-0.25, -0.2) is 0 Å². The van der Waals surface area contributed by atoms with E-state index in [-0.39, 0.29) is 24.4 Å². The van der Waals surface area contributed by atoms with E-state index in [1.54, 1.807) is 7.11 Å². The van der Waals surface area contributed by atoms with Crippen molar-refractivity contribution in [1.82, 2.24) is 4.90 Å². The van der Waals surface area contributed by atoms with Gasteiger partial charge in [-0.1, -0.05) is 18.2 Å². The van der Waals surface area contributed by atoms with Gasteiger partial charge in [0.2, 0.25) is 5.91 Å². The number of carbonyl (C=O) groups is 1. The number of morpholine rings is 1. The average molecular weight is 379 g/mol. The van der Waals surface area contributed by atoms with Crippen LogP contribution in [-0.2, 0) is 9.53 Å². The second-order valence-electron chi connectivity index (χ2n) is 6.42. The number of ether oxygens (including phenoxy) is 2. The molecule has 2 N–H and O–H groups in total. The van der Waals surface area contributed by atoms with Gasteiger partial charge in [-0.2, -0.15) is 0 Å². The van der Waals surface area contributed by atoms with Gasteiger partial charge in [0.1, 0.15) is 11.9 Å². The number of hydrogen-bond donors (Lipinski definition) is 1. The second-order valence-corrected chi connectivity index (χ2v) is 6.42. The normalized spacial score (nSPS) is 17.0. The van der Waals surface area contributed by atoms with Gasteiger partial charge in [-0.15, -0.1) is 12.4 Å². The number of fused-ring (bicyclic) bond motifs is 1. The molecule has 0 aliphatic carbocycles. The molecule has 2 aromatic rings. The zero-order valence-electron chi connectivity index (χ0n) is 15.1. The van der Waals surface area contributed by atoms with Crippen LogP contribution in [0.15, 0.2) is 36.4 Å². The van der Waals surface area contributed by atoms with Gasteiger partial charge in [0.05, 0.1) is 20.3 Å². The maximum atomic E-state index is 12.3. The van der Waals surface area contributed by atoms with E-state index in [9.17, 15) is 4.79 Å². The fraction of sp³-hybridized carbons (Fsp3) is 0.450. The minimum atomic E-state index is -0.0706. The molecular weight excluding hydrogens is 352 g/mol. The molecule has 1 aliphatic heterocycles. The SMILES string of the molecule is COc1ccc2cc(C3CN(C(=O)CCCCN)CCO3)ccc2c1.Cl. The Balaban J connectivity index is 0.00000243. The zero-order valence-corrected chi connectivity index (χ0v) is 16.0. The highest BCUT2D eigenvalue weighted by atomic mass is 35.5. The molecule has 6 heteroatoms. The van der Waals surface area contributed by atoms with Crippen LogP contribution in [0.3, 0.4) is 0 Å². The first kappa shape index (κ1) is 20.5. The van der Waals surface area contributed by atoms with Gasteiger partial charge in [-0.3, -0.25) is 4.79 Å². The number of carbonyl (C=O) groups excluding carboxylic acids is 1. The summed E-state index contributed by atoms with van der Waals surface area (Å²) in [5, 5.41) is 2.28. The molecule has 5 nitrogen and oxygen atoms in total. The first-order valence-corrected chi connectivity index (χ1v) is 8.88. The lowest BCUT2D eigenvalue weighted by Crippen LogP contribution is -2.42. The molecule has 0 saturated carbocycles. The van der Waals surface area contributed by atoms with Crippen molar-refractivity contribution in [1.29, 1.82) is 0 Å². The van der Waals surface area contributed by atoms with Crippen molar-refractivity contribution in [3.8, 4) is 5.75 Å². The molecule has 1 amide bonds. The van der Waals surface area contributed by atoms with Crippen LogP contribution in [0.2, 0.25) is 0 Å². The van der Waals surface area contributed by atoms with E-state index in [1.165, 1.54) is 0 Å². The molecule has 1 atom stereocenters. The van der Waals surface area contributed by atoms with Gasteiger partial charge in [0.25, 0.3) is 0 Å². The minimum Gasteiger partial charge on any atom is -0.497 e. The average Bonchev–Trinajstić information content (AvgIpc) is 2.67. The van der Waals surface area contributed by atoms with Crippen molar-refractivity contribution in [3.63, 3.8) is 0 Å². The Bertz CT molecular complexity index is 738. The summed E-state index contributed by atoms with van der Waals surface area (Å²) in [6.07, 6.45) is 2.25. The molecule has 0 bridgehead atoms. The van der Waals surface area contributed by atoms with Crippen molar-refractivity contribution in [3.05, 3.63) is 42.0 Å². The first-order chi connectivity index (χ1) is 12.2. The number of halogens is 1. The molecule has 0 spiro atoms. The summed E-state index contributed by atoms with van der Waals surface area (Å²) in [6, 6.07) is 12.3. The summed E-state index contributed by atoms with van der Waals surface area (Å²) < 4.78 is 11.2. The molecule has 0 aromatic heterocycles. The van der Waals surface area contributed by atoms with Crippen LogP contribution < -0.4 is 10.5 Å². The lowest BCUT2D eigenvalue weighted by Gasteiger charge is -2.33. The minimum absolute atomic E-state index is 0. The van der Waals surface area contributed by atoms with E-state index in [4.69, 9.17) is 15.2 Å². The van der Waals surface area contributed by atoms with Crippen LogP contribution in [0, 0.1) is 0 Å². The Labute approximate surface area is 160 Å². The van der Waals surface area contributed by atoms with Gasteiger partial charge >= 0.3 is 0 Å². The summed E-state index contributed by atoms with van der Waals surface area (Å²) in [7, 11) is 1.67. The maximum absolute atomic E-state index is 12.3. The predicted octanol–water partition coefficient (Wildman–Crippen LogP) is 3.30. The van der Waals surface area contributed by atoms with Crippen LogP contribution in [0.4, 0.5) is 0 Å². The van der Waals surface area contributed by atoms with Gasteiger partial charge < -0.3 is 20.1 Å². The number of nitrogens with two attached hydrogens (primary N) is 1. The molecule has 142 valence electrons. The first-order valence-electron chi connectivity index (χ1n) is 8.88. The van der Waals surface area contributed by atoms with Crippen LogP contribution in [0.25, 0.3) is 10.8 Å². The fourth-order valence-corrected chi connectivity index (χ4v) is 3.23. The molecule has 1 aliphatic rings. The van der Waals surface area contributed by atoms with Gasteiger partial charge in [0.15, 0.2) is 0 Å². The third kappa shape index (κ3) is 4.87. The number of unbranched alkanes of at least 4 members (excludes halogenated alkanes) is 1. The summed E-state index contributed by atoms with van der Waals surface area (Å²) in [5.74, 6) is 1.05. The zero-order chi connectivity index (χ0) is 17.6. The van der Waals surface area contributed by atoms with E-state index >= 15 is 0 Å². The standard InChI is InChI=1S/C20H26N2O3.ClH/c1-24-18-8-7-15-12-17(6-5-16(15)13-18)19-14-22(10-11-25-19)20(23)4-2-3-9-21;/h5-8,12-13,19H,2-4,9-11,14,21H2,1H3;1H. The monoisotopic (exact) mass is 378 g/mol. The fourth-order valence-electron chi connectivity index (χ4n) is 3.23. The summed E-state index contributed by atoms with van der Waals surface area (Å²) >= 11 is 0. The predicted molar refractivity (Wildman–Crippen MR) is 106 cm³/mol. The second kappa shape index (κ2) is 9.76. The third-order valence-electron chi connectivity index (χ3n) is 4.71. The lowest BCUT2D eigenvalue weighted by atomic mass is 10.0. The number of rotatable bonds is 6. The Morgan fingerprint density at radius 2 is 2.00 bits per heavy atom. The van der Waals surface area contributed by atoms with Crippen LogP contribution >= 0.6 is 12.4 Å². The lowest BCUT2D eigenvalue weighted by molar-refractivity contribution is -0.139. The van der Waals surface area contributed by atoms with E-state index in [2.05, 4.69) is 24.3 Å². The molecule has 1 unspecified atom stereocenters. The van der Waals surface area contributed by atoms with Crippen LogP contribution in [-0.4, -0.2) is 44.2 Å². The van der Waals surface area contributed by atoms with Gasteiger partial charge in [0, 0.05) is 13.0 Å². The molecule has 1 saturated heterocycles. The number of hydrogen-bond acceptors (Lipinski definition) is 4. The van der Waals surface area contributed by atoms with E-state index in [1.807, 2.05) is 17.0 Å². The summed E-state index contributed by atoms with van der Waals surface area (Å²) in [6.45, 7) is 2.50. The Hall–Kier alpha value is -1.82. The molecular formula is C20H27ClN2O3. The molecule has 26 heavy (non-hydrogen) atoms. The van der Waals surface area contributed by atoms with Crippen molar-refractivity contribution >= 4 is 29.1 Å². The number of benzene rings is 2. The van der Waals surface area contributed by atoms with Crippen molar-refractivity contribution in [2.24, 2.45) is 5.73 Å². The van der Waals surface area contributed by atoms with Crippen LogP contribution in [0.1, 0.15) is 30.9 Å². The quantitative estimate of drug-likeness (QED) is 0.783. The van der Waals surface area contributed by atoms with E-state index < -0.39 is 0 Å². The number of amides is 1. The van der Waals surface area contributed by atoms with E-state index in [0.717, 1.165) is 34.9 Å². The summed E-state index contributed by atoms with van der Waals surface area (Å²) in [4.78, 5) is 14.3. The third-order valence-corrected chi connectivity index (χ3v) is 4.71. The molecule has 1 fully saturated rings. The highest BCUT2D eigenvalue weighted by molar-refractivity contribution is 5.85. The Morgan fingerprint density at radius 3 is 2.77 bits per heavy atom. The van der Waals surface area contributed by atoms with Crippen molar-refractivity contribution in [2.45, 2.75) is 25.4 Å².